The van der Waals surface area contributed by atoms with Crippen LogP contribution in [-0.4, -0.2) is 48.5 Å². The highest BCUT2D eigenvalue weighted by atomic mass is 32.2. The molecule has 0 aromatic carbocycles. The third-order valence-corrected chi connectivity index (χ3v) is 4.37. The van der Waals surface area contributed by atoms with E-state index >= 15 is 0 Å². The Balaban J connectivity index is 2.50. The molecule has 0 saturated carbocycles. The van der Waals surface area contributed by atoms with Gasteiger partial charge in [-0.05, 0) is 19.4 Å². The molecule has 1 rings (SSSR count). The number of nitrogens with zero attached hydrogens (tertiary/aromatic N) is 3. The molecule has 0 aliphatic rings. The lowest BCUT2D eigenvalue weighted by Gasteiger charge is -2.17. The zero-order valence-corrected chi connectivity index (χ0v) is 13.2. The van der Waals surface area contributed by atoms with Crippen molar-refractivity contribution in [3.05, 3.63) is 27.9 Å². The van der Waals surface area contributed by atoms with E-state index in [2.05, 4.69) is 10.3 Å². The molecule has 0 unspecified atom stereocenters. The first kappa shape index (κ1) is 17.3. The largest absolute Gasteiger partial charge is 0.370 e. The maximum absolute atomic E-state index is 11.4. The van der Waals surface area contributed by atoms with Crippen molar-refractivity contribution in [1.29, 1.82) is 0 Å². The molecular formula is C12H20N4O4S. The van der Waals surface area contributed by atoms with Gasteiger partial charge in [-0.15, -0.1) is 0 Å². The van der Waals surface area contributed by atoms with Gasteiger partial charge in [-0.3, -0.25) is 10.1 Å². The van der Waals surface area contributed by atoms with E-state index in [4.69, 9.17) is 0 Å². The molecule has 9 heteroatoms. The fourth-order valence-corrected chi connectivity index (χ4v) is 2.80. The van der Waals surface area contributed by atoms with E-state index < -0.39 is 14.9 Å². The van der Waals surface area contributed by atoms with Crippen molar-refractivity contribution in [3.63, 3.8) is 0 Å². The number of aryl methyl sites for hydroxylation is 1. The number of nitro groups is 1. The summed E-state index contributed by atoms with van der Waals surface area (Å²) < 4.78 is 24.2. The van der Waals surface area contributed by atoms with Crippen LogP contribution in [0.3, 0.4) is 0 Å². The normalized spacial score (nSPS) is 11.6. The van der Waals surface area contributed by atoms with Crippen LogP contribution in [0.2, 0.25) is 0 Å². The van der Waals surface area contributed by atoms with Crippen molar-refractivity contribution in [1.82, 2.24) is 9.29 Å². The van der Waals surface area contributed by atoms with Gasteiger partial charge in [-0.2, -0.15) is 0 Å². The first-order chi connectivity index (χ1) is 9.75. The standard InChI is InChI=1S/C12H20N4O4S/c1-4-15(21(3,19)20)7-5-6-13-12-8-10(2)11(9-14-12)16(17)18/h8-9H,4-7H2,1-3H3,(H,13,14). The van der Waals surface area contributed by atoms with Crippen molar-refractivity contribution in [2.75, 3.05) is 31.2 Å². The van der Waals surface area contributed by atoms with Gasteiger partial charge in [0.15, 0.2) is 0 Å². The summed E-state index contributed by atoms with van der Waals surface area (Å²) in [7, 11) is -3.17. The topological polar surface area (TPSA) is 105 Å². The number of rotatable bonds is 8. The number of sulfonamides is 1. The zero-order valence-electron chi connectivity index (χ0n) is 12.4. The molecule has 0 bridgehead atoms. The van der Waals surface area contributed by atoms with Gasteiger partial charge in [0.25, 0.3) is 5.69 Å². The second kappa shape index (κ2) is 7.32. The highest BCUT2D eigenvalue weighted by Gasteiger charge is 2.14. The van der Waals surface area contributed by atoms with Crippen LogP contribution in [-0.2, 0) is 10.0 Å². The van der Waals surface area contributed by atoms with Gasteiger partial charge < -0.3 is 5.32 Å². The molecule has 0 spiro atoms. The molecule has 1 aromatic rings. The van der Waals surface area contributed by atoms with Crippen molar-refractivity contribution in [3.8, 4) is 0 Å². The van der Waals surface area contributed by atoms with Crippen LogP contribution < -0.4 is 5.32 Å². The minimum Gasteiger partial charge on any atom is -0.370 e. The minimum absolute atomic E-state index is 0.0187. The van der Waals surface area contributed by atoms with Crippen LogP contribution in [0.4, 0.5) is 11.5 Å². The number of anilines is 1. The Morgan fingerprint density at radius 2 is 2.14 bits per heavy atom. The Morgan fingerprint density at radius 1 is 1.48 bits per heavy atom. The van der Waals surface area contributed by atoms with Crippen molar-refractivity contribution >= 4 is 21.5 Å². The molecule has 0 saturated heterocycles. The van der Waals surface area contributed by atoms with E-state index in [0.717, 1.165) is 0 Å². The summed E-state index contributed by atoms with van der Waals surface area (Å²) >= 11 is 0. The maximum Gasteiger partial charge on any atom is 0.290 e. The first-order valence-corrected chi connectivity index (χ1v) is 8.40. The summed E-state index contributed by atoms with van der Waals surface area (Å²) in [6.07, 6.45) is 3.02. The molecule has 0 aliphatic heterocycles. The first-order valence-electron chi connectivity index (χ1n) is 6.55. The van der Waals surface area contributed by atoms with Crippen LogP contribution in [0.1, 0.15) is 18.9 Å². The van der Waals surface area contributed by atoms with E-state index in [1.54, 1.807) is 19.9 Å². The van der Waals surface area contributed by atoms with Crippen LogP contribution in [0.5, 0.6) is 0 Å². The van der Waals surface area contributed by atoms with Crippen LogP contribution in [0, 0.1) is 17.0 Å². The molecule has 1 N–H and O–H groups in total. The highest BCUT2D eigenvalue weighted by molar-refractivity contribution is 7.88. The third kappa shape index (κ3) is 5.27. The van der Waals surface area contributed by atoms with Crippen LogP contribution in [0.25, 0.3) is 0 Å². The monoisotopic (exact) mass is 316 g/mol. The summed E-state index contributed by atoms with van der Waals surface area (Å²) in [5, 5.41) is 13.7. The Hall–Kier alpha value is -1.74. The Labute approximate surface area is 124 Å². The van der Waals surface area contributed by atoms with Gasteiger partial charge in [0, 0.05) is 25.2 Å². The van der Waals surface area contributed by atoms with Gasteiger partial charge in [0.2, 0.25) is 10.0 Å². The lowest BCUT2D eigenvalue weighted by Crippen LogP contribution is -2.31. The summed E-state index contributed by atoms with van der Waals surface area (Å²) in [5.41, 5.74) is 0.513. The lowest BCUT2D eigenvalue weighted by atomic mass is 10.2. The Morgan fingerprint density at radius 3 is 2.62 bits per heavy atom. The number of pyridine rings is 1. The summed E-state index contributed by atoms with van der Waals surface area (Å²) in [4.78, 5) is 14.2. The predicted octanol–water partition coefficient (Wildman–Crippen LogP) is 1.38. The lowest BCUT2D eigenvalue weighted by molar-refractivity contribution is -0.385. The Kier molecular flexibility index (Phi) is 6.03. The number of nitrogens with one attached hydrogen (secondary N) is 1. The maximum atomic E-state index is 11.4. The molecule has 21 heavy (non-hydrogen) atoms. The third-order valence-electron chi connectivity index (χ3n) is 2.99. The molecule has 1 aromatic heterocycles. The number of aromatic nitrogens is 1. The molecule has 0 amide bonds. The van der Waals surface area contributed by atoms with Crippen LogP contribution >= 0.6 is 0 Å². The molecule has 0 fully saturated rings. The molecule has 8 nitrogen and oxygen atoms in total. The van der Waals surface area contributed by atoms with Gasteiger partial charge >= 0.3 is 0 Å². The van der Waals surface area contributed by atoms with E-state index in [0.29, 0.717) is 37.4 Å². The molecule has 0 radical (unpaired) electrons. The molecular weight excluding hydrogens is 296 g/mol. The minimum atomic E-state index is -3.17. The van der Waals surface area contributed by atoms with Gasteiger partial charge in [0.05, 0.1) is 11.2 Å². The average Bonchev–Trinajstić information content (AvgIpc) is 2.36. The molecule has 1 heterocycles. The Bertz CT molecular complexity index is 603. The van der Waals surface area contributed by atoms with Gasteiger partial charge in [-0.1, -0.05) is 6.92 Å². The second-order valence-corrected chi connectivity index (χ2v) is 6.63. The summed E-state index contributed by atoms with van der Waals surface area (Å²) in [6.45, 7) is 4.83. The van der Waals surface area contributed by atoms with Gasteiger partial charge in [0.1, 0.15) is 12.0 Å². The van der Waals surface area contributed by atoms with Crippen LogP contribution in [0.15, 0.2) is 12.3 Å². The molecule has 0 aliphatic carbocycles. The zero-order chi connectivity index (χ0) is 16.0. The fourth-order valence-electron chi connectivity index (χ4n) is 1.87. The summed E-state index contributed by atoms with van der Waals surface area (Å²) in [5.74, 6) is 0.542. The van der Waals surface area contributed by atoms with E-state index in [-0.39, 0.29) is 5.69 Å². The molecule has 118 valence electrons. The van der Waals surface area contributed by atoms with Crippen molar-refractivity contribution in [2.24, 2.45) is 0 Å². The van der Waals surface area contributed by atoms with Gasteiger partial charge in [-0.25, -0.2) is 17.7 Å². The summed E-state index contributed by atoms with van der Waals surface area (Å²) in [6, 6.07) is 1.60. The van der Waals surface area contributed by atoms with E-state index in [1.165, 1.54) is 16.8 Å². The number of hydrogen-bond acceptors (Lipinski definition) is 6. The molecule has 0 atom stereocenters. The average molecular weight is 316 g/mol. The van der Waals surface area contributed by atoms with E-state index in [1.807, 2.05) is 0 Å². The fraction of sp³-hybridized carbons (Fsp3) is 0.583. The number of hydrogen-bond donors (Lipinski definition) is 1. The quantitative estimate of drug-likeness (QED) is 0.441. The second-order valence-electron chi connectivity index (χ2n) is 4.65. The predicted molar refractivity (Wildman–Crippen MR) is 80.8 cm³/mol. The van der Waals surface area contributed by atoms with Crippen molar-refractivity contribution in [2.45, 2.75) is 20.3 Å². The SMILES string of the molecule is CCN(CCCNc1cc(C)c([N+](=O)[O-])cn1)S(C)(=O)=O. The van der Waals surface area contributed by atoms with E-state index in [9.17, 15) is 18.5 Å². The smallest absolute Gasteiger partial charge is 0.290 e. The van der Waals surface area contributed by atoms with Crippen molar-refractivity contribution < 1.29 is 13.3 Å². The highest BCUT2D eigenvalue weighted by Crippen LogP contribution is 2.18.